The first-order chi connectivity index (χ1) is 19.5. The maximum absolute atomic E-state index is 13.7. The second-order valence-corrected chi connectivity index (χ2v) is 9.61. The van der Waals surface area contributed by atoms with E-state index in [1.165, 1.54) is 43.8 Å². The van der Waals surface area contributed by atoms with Crippen molar-refractivity contribution >= 4 is 0 Å². The number of aryl methyl sites for hydroxylation is 1. The number of imidazole rings is 1. The van der Waals surface area contributed by atoms with Crippen molar-refractivity contribution in [2.45, 2.75) is 57.2 Å². The molecule has 1 saturated carbocycles. The fraction of sp³-hybridized carbons (Fsp3) is 0.357. The molecule has 1 aliphatic carbocycles. The first kappa shape index (κ1) is 29.9. The van der Waals surface area contributed by atoms with Crippen LogP contribution in [0, 0.1) is 11.6 Å². The Morgan fingerprint density at radius 2 is 1.66 bits per heavy atom. The van der Waals surface area contributed by atoms with Crippen LogP contribution in [0.5, 0.6) is 0 Å². The fourth-order valence-corrected chi connectivity index (χ4v) is 4.81. The van der Waals surface area contributed by atoms with Crippen LogP contribution in [-0.2, 0) is 19.8 Å². The molecule has 5 rings (SSSR count). The summed E-state index contributed by atoms with van der Waals surface area (Å²) < 4.78 is 93.7. The lowest BCUT2D eigenvalue weighted by atomic mass is 9.84. The van der Waals surface area contributed by atoms with E-state index in [1.54, 1.807) is 0 Å². The van der Waals surface area contributed by atoms with Crippen molar-refractivity contribution in [3.05, 3.63) is 99.5 Å². The van der Waals surface area contributed by atoms with Crippen LogP contribution in [0.1, 0.15) is 67.0 Å². The molecule has 41 heavy (non-hydrogen) atoms. The lowest BCUT2D eigenvalue weighted by Gasteiger charge is -2.22. The number of benzene rings is 1. The lowest BCUT2D eigenvalue weighted by molar-refractivity contribution is -0.138. The van der Waals surface area contributed by atoms with Crippen LogP contribution in [0.3, 0.4) is 0 Å². The highest BCUT2D eigenvalue weighted by atomic mass is 19.4. The van der Waals surface area contributed by atoms with Crippen molar-refractivity contribution < 1.29 is 30.7 Å². The van der Waals surface area contributed by atoms with Gasteiger partial charge in [0.2, 0.25) is 0 Å². The molecule has 0 bridgehead atoms. The van der Waals surface area contributed by atoms with Crippen LogP contribution in [0.25, 0.3) is 11.4 Å². The molecule has 0 spiro atoms. The van der Waals surface area contributed by atoms with Crippen LogP contribution in [0.2, 0.25) is 0 Å². The molecule has 0 aliphatic heterocycles. The van der Waals surface area contributed by atoms with Gasteiger partial charge >= 0.3 is 6.18 Å². The highest BCUT2D eigenvalue weighted by Gasteiger charge is 2.34. The van der Waals surface area contributed by atoms with Gasteiger partial charge < -0.3 is 4.57 Å². The summed E-state index contributed by atoms with van der Waals surface area (Å²) in [4.78, 5) is 21.1. The second kappa shape index (κ2) is 12.6. The van der Waals surface area contributed by atoms with Crippen LogP contribution >= 0.6 is 0 Å². The van der Waals surface area contributed by atoms with Gasteiger partial charge in [-0.2, -0.15) is 18.3 Å². The van der Waals surface area contributed by atoms with Gasteiger partial charge in [-0.3, -0.25) is 9.78 Å². The standard InChI is InChI=1S/C22H22F5N5O.C6H4F2/c1-31-12-29-18(19(31)20(23)24)16-10-14(13-6-3-2-4-7-13)21(33)32(30-16)11-17-15(22(25,26)27)8-5-9-28-17;7-5-2-1-3-6(8)4-5/h5,8-10,12-13,20H,2-4,6-7,11H2,1H3;1-4H. The Kier molecular flexibility index (Phi) is 9.24. The normalized spacial score (nSPS) is 14.2. The zero-order chi connectivity index (χ0) is 29.7. The van der Waals surface area contributed by atoms with Gasteiger partial charge in [-0.1, -0.05) is 25.3 Å². The Morgan fingerprint density at radius 3 is 2.24 bits per heavy atom. The summed E-state index contributed by atoms with van der Waals surface area (Å²) in [7, 11) is 1.42. The van der Waals surface area contributed by atoms with Gasteiger partial charge in [-0.15, -0.1) is 0 Å². The molecule has 0 N–H and O–H groups in total. The predicted molar refractivity (Wildman–Crippen MR) is 136 cm³/mol. The first-order valence-electron chi connectivity index (χ1n) is 12.8. The zero-order valence-electron chi connectivity index (χ0n) is 21.9. The van der Waals surface area contributed by atoms with Gasteiger partial charge in [-0.05, 0) is 49.1 Å². The minimum atomic E-state index is -4.67. The van der Waals surface area contributed by atoms with Gasteiger partial charge in [0.05, 0.1) is 24.1 Å². The number of aromatic nitrogens is 5. The van der Waals surface area contributed by atoms with E-state index in [0.717, 1.165) is 59.6 Å². The van der Waals surface area contributed by atoms with Crippen molar-refractivity contribution in [2.75, 3.05) is 0 Å². The van der Waals surface area contributed by atoms with Crippen molar-refractivity contribution in [3.63, 3.8) is 0 Å². The van der Waals surface area contributed by atoms with Crippen LogP contribution in [0.4, 0.5) is 30.7 Å². The van der Waals surface area contributed by atoms with E-state index >= 15 is 0 Å². The molecule has 0 saturated heterocycles. The summed E-state index contributed by atoms with van der Waals surface area (Å²) in [5, 5.41) is 4.16. The van der Waals surface area contributed by atoms with Crippen molar-refractivity contribution in [1.29, 1.82) is 0 Å². The van der Waals surface area contributed by atoms with E-state index in [4.69, 9.17) is 0 Å². The third kappa shape index (κ3) is 7.19. The molecule has 1 aromatic carbocycles. The van der Waals surface area contributed by atoms with E-state index in [0.29, 0.717) is 5.56 Å². The minimum absolute atomic E-state index is 0.0237. The zero-order valence-corrected chi connectivity index (χ0v) is 21.9. The Labute approximate surface area is 230 Å². The van der Waals surface area contributed by atoms with Gasteiger partial charge in [0, 0.05) is 24.9 Å². The topological polar surface area (TPSA) is 65.6 Å². The minimum Gasteiger partial charge on any atom is -0.332 e. The summed E-state index contributed by atoms with van der Waals surface area (Å²) in [6, 6.07) is 8.06. The molecule has 3 heterocycles. The highest BCUT2D eigenvalue weighted by molar-refractivity contribution is 5.58. The van der Waals surface area contributed by atoms with Crippen LogP contribution in [0.15, 0.2) is 59.8 Å². The Morgan fingerprint density at radius 1 is 0.976 bits per heavy atom. The molecule has 1 aliphatic rings. The number of rotatable bonds is 5. The van der Waals surface area contributed by atoms with Crippen molar-refractivity contribution in [1.82, 2.24) is 24.3 Å². The monoisotopic (exact) mass is 581 g/mol. The maximum Gasteiger partial charge on any atom is 0.418 e. The van der Waals surface area contributed by atoms with Crippen molar-refractivity contribution in [3.8, 4) is 11.4 Å². The highest BCUT2D eigenvalue weighted by Crippen LogP contribution is 2.35. The van der Waals surface area contributed by atoms with E-state index < -0.39 is 41.9 Å². The summed E-state index contributed by atoms with van der Waals surface area (Å²) in [5.41, 5.74) is -1.99. The maximum atomic E-state index is 13.7. The molecule has 0 atom stereocenters. The molecule has 0 radical (unpaired) electrons. The first-order valence-corrected chi connectivity index (χ1v) is 12.8. The number of pyridine rings is 1. The molecule has 1 fully saturated rings. The van der Waals surface area contributed by atoms with Crippen LogP contribution in [-0.4, -0.2) is 24.3 Å². The molecule has 13 heteroatoms. The number of nitrogens with zero attached hydrogens (tertiary/aromatic N) is 5. The van der Waals surface area contributed by atoms with E-state index in [1.807, 2.05) is 0 Å². The van der Waals surface area contributed by atoms with Gasteiger partial charge in [-0.25, -0.2) is 27.2 Å². The Balaban J connectivity index is 0.000000417. The third-order valence-corrected chi connectivity index (χ3v) is 6.76. The summed E-state index contributed by atoms with van der Waals surface area (Å²) >= 11 is 0. The SMILES string of the molecule is Cn1cnc(-c2cc(C3CCCCC3)c(=O)n(Cc3ncccc3C(F)(F)F)n2)c1C(F)F.Fc1cccc(F)c1. The fourth-order valence-electron chi connectivity index (χ4n) is 4.81. The molecule has 6 nitrogen and oxygen atoms in total. The molecular formula is C28H26F7N5O. The number of hydrogen-bond donors (Lipinski definition) is 0. The summed E-state index contributed by atoms with van der Waals surface area (Å²) in [6.45, 7) is -0.543. The van der Waals surface area contributed by atoms with E-state index in [9.17, 15) is 35.5 Å². The molecule has 3 aromatic heterocycles. The molecular weight excluding hydrogens is 555 g/mol. The number of hydrogen-bond acceptors (Lipinski definition) is 4. The molecule has 218 valence electrons. The van der Waals surface area contributed by atoms with Crippen LogP contribution < -0.4 is 5.56 Å². The van der Waals surface area contributed by atoms with Gasteiger partial charge in [0.15, 0.2) is 0 Å². The molecule has 0 unspecified atom stereocenters. The predicted octanol–water partition coefficient (Wildman–Crippen LogP) is 7.06. The largest absolute Gasteiger partial charge is 0.418 e. The second-order valence-electron chi connectivity index (χ2n) is 9.61. The average molecular weight is 582 g/mol. The van der Waals surface area contributed by atoms with Crippen molar-refractivity contribution in [2.24, 2.45) is 7.05 Å². The third-order valence-electron chi connectivity index (χ3n) is 6.76. The Bertz CT molecular complexity index is 1520. The summed E-state index contributed by atoms with van der Waals surface area (Å²) in [6.07, 6.45) is -0.773. The lowest BCUT2D eigenvalue weighted by Crippen LogP contribution is -2.30. The molecule has 4 aromatic rings. The quantitative estimate of drug-likeness (QED) is 0.237. The number of alkyl halides is 5. The number of halogens is 7. The smallest absolute Gasteiger partial charge is 0.332 e. The summed E-state index contributed by atoms with van der Waals surface area (Å²) in [5.74, 6) is -1.20. The van der Waals surface area contributed by atoms with Gasteiger partial charge in [0.25, 0.3) is 12.0 Å². The van der Waals surface area contributed by atoms with E-state index in [-0.39, 0.29) is 28.7 Å². The van der Waals surface area contributed by atoms with Gasteiger partial charge in [0.1, 0.15) is 28.7 Å². The average Bonchev–Trinajstić information content (AvgIpc) is 3.32. The Hall–Kier alpha value is -4.03. The van der Waals surface area contributed by atoms with E-state index in [2.05, 4.69) is 15.1 Å². The molecule has 0 amide bonds.